The van der Waals surface area contributed by atoms with E-state index in [1.54, 1.807) is 13.8 Å². The van der Waals surface area contributed by atoms with Gasteiger partial charge in [-0.05, 0) is 11.5 Å². The van der Waals surface area contributed by atoms with Crippen molar-refractivity contribution in [3.63, 3.8) is 0 Å². The topological polar surface area (TPSA) is 93.7 Å². The first-order valence-corrected chi connectivity index (χ1v) is 8.48. The predicted molar refractivity (Wildman–Crippen MR) is 96.2 cm³/mol. The van der Waals surface area contributed by atoms with Crippen LogP contribution in [0.3, 0.4) is 0 Å². The Morgan fingerprint density at radius 3 is 2.28 bits per heavy atom. The van der Waals surface area contributed by atoms with Crippen LogP contribution in [0.15, 0.2) is 30.3 Å². The number of methoxy groups -OCH3 is 1. The maximum Gasteiger partial charge on any atom is 0.408 e. The van der Waals surface area contributed by atoms with Gasteiger partial charge in [-0.1, -0.05) is 44.2 Å². The van der Waals surface area contributed by atoms with Gasteiger partial charge in [-0.3, -0.25) is 4.79 Å². The van der Waals surface area contributed by atoms with E-state index in [0.29, 0.717) is 0 Å². The number of nitrogens with one attached hydrogen (secondary N) is 2. The van der Waals surface area contributed by atoms with E-state index in [9.17, 15) is 14.4 Å². The van der Waals surface area contributed by atoms with Crippen molar-refractivity contribution in [3.8, 4) is 0 Å². The van der Waals surface area contributed by atoms with E-state index in [4.69, 9.17) is 4.74 Å². The van der Waals surface area contributed by atoms with E-state index >= 15 is 0 Å². The molecule has 0 spiro atoms. The van der Waals surface area contributed by atoms with E-state index < -0.39 is 30.1 Å². The third-order valence-electron chi connectivity index (χ3n) is 3.42. The van der Waals surface area contributed by atoms with Crippen molar-refractivity contribution in [2.45, 2.75) is 32.5 Å². The van der Waals surface area contributed by atoms with Gasteiger partial charge in [0.25, 0.3) is 0 Å². The summed E-state index contributed by atoms with van der Waals surface area (Å²) >= 11 is 4.07. The van der Waals surface area contributed by atoms with Crippen LogP contribution in [-0.4, -0.2) is 42.9 Å². The van der Waals surface area contributed by atoms with Crippen molar-refractivity contribution < 1.29 is 23.9 Å². The Morgan fingerprint density at radius 2 is 1.76 bits per heavy atom. The molecule has 1 rings (SSSR count). The van der Waals surface area contributed by atoms with E-state index in [2.05, 4.69) is 28.0 Å². The smallest absolute Gasteiger partial charge is 0.408 e. The number of carbonyl (C=O) groups is 3. The molecule has 0 aliphatic heterocycles. The first-order chi connectivity index (χ1) is 11.9. The van der Waals surface area contributed by atoms with Crippen LogP contribution in [0.1, 0.15) is 19.4 Å². The van der Waals surface area contributed by atoms with Gasteiger partial charge in [-0.15, -0.1) is 0 Å². The lowest BCUT2D eigenvalue weighted by molar-refractivity contribution is -0.146. The molecule has 1 aromatic rings. The van der Waals surface area contributed by atoms with Crippen LogP contribution in [-0.2, 0) is 25.7 Å². The Morgan fingerprint density at radius 1 is 1.12 bits per heavy atom. The van der Waals surface area contributed by atoms with Crippen molar-refractivity contribution in [1.82, 2.24) is 10.6 Å². The number of esters is 1. The number of rotatable bonds is 8. The zero-order chi connectivity index (χ0) is 18.8. The van der Waals surface area contributed by atoms with Gasteiger partial charge in [0.15, 0.2) is 0 Å². The minimum atomic E-state index is -0.933. The molecular formula is C17H24N2O5S. The molecule has 0 aromatic heterocycles. The van der Waals surface area contributed by atoms with Crippen LogP contribution in [0, 0.1) is 5.92 Å². The largest absolute Gasteiger partial charge is 0.467 e. The number of ether oxygens (including phenoxy) is 2. The predicted octanol–water partition coefficient (Wildman–Crippen LogP) is 1.52. The van der Waals surface area contributed by atoms with Gasteiger partial charge in [-0.25, -0.2) is 9.59 Å². The van der Waals surface area contributed by atoms with Crippen molar-refractivity contribution >= 4 is 30.6 Å². The van der Waals surface area contributed by atoms with E-state index in [1.807, 2.05) is 30.3 Å². The average molecular weight is 368 g/mol. The second kappa shape index (κ2) is 10.6. The van der Waals surface area contributed by atoms with Crippen LogP contribution >= 0.6 is 12.6 Å². The Hall–Kier alpha value is -2.22. The summed E-state index contributed by atoms with van der Waals surface area (Å²) in [5, 5.41) is 5.00. The number of thiol groups is 1. The molecule has 0 unspecified atom stereocenters. The van der Waals surface area contributed by atoms with Gasteiger partial charge in [0.2, 0.25) is 5.91 Å². The van der Waals surface area contributed by atoms with E-state index in [0.717, 1.165) is 5.56 Å². The molecule has 25 heavy (non-hydrogen) atoms. The zero-order valence-corrected chi connectivity index (χ0v) is 15.4. The number of alkyl carbamates (subject to hydrolysis) is 1. The lowest BCUT2D eigenvalue weighted by Gasteiger charge is -2.23. The second-order valence-corrected chi connectivity index (χ2v) is 6.06. The lowest BCUT2D eigenvalue weighted by Crippen LogP contribution is -2.54. The molecule has 2 amide bonds. The fourth-order valence-electron chi connectivity index (χ4n) is 1.98. The number of hydrogen-bond acceptors (Lipinski definition) is 6. The molecule has 2 atom stereocenters. The molecular weight excluding hydrogens is 344 g/mol. The standard InChI is InChI=1S/C17H24N2O5S/c1-11(2)14(16(21)23-3)19-15(20)13(10-25)18-17(22)24-9-12-7-5-4-6-8-12/h4-8,11,13-14,25H,9-10H2,1-3H3,(H,18,22)(H,19,20)/t13-,14-/m0/s1. The van der Waals surface area contributed by atoms with Crippen molar-refractivity contribution in [3.05, 3.63) is 35.9 Å². The Bertz CT molecular complexity index is 580. The minimum absolute atomic E-state index is 0.0538. The Labute approximate surface area is 152 Å². The molecule has 0 radical (unpaired) electrons. The summed E-state index contributed by atoms with van der Waals surface area (Å²) < 4.78 is 9.75. The van der Waals surface area contributed by atoms with Crippen LogP contribution in [0.4, 0.5) is 4.79 Å². The van der Waals surface area contributed by atoms with Crippen molar-refractivity contribution in [1.29, 1.82) is 0 Å². The number of amides is 2. The minimum Gasteiger partial charge on any atom is -0.467 e. The molecule has 8 heteroatoms. The van der Waals surface area contributed by atoms with Gasteiger partial charge in [-0.2, -0.15) is 12.6 Å². The summed E-state index contributed by atoms with van der Waals surface area (Å²) in [7, 11) is 1.25. The SMILES string of the molecule is COC(=O)[C@@H](NC(=O)[C@H](CS)NC(=O)OCc1ccccc1)C(C)C. The highest BCUT2D eigenvalue weighted by Crippen LogP contribution is 2.05. The third-order valence-corrected chi connectivity index (χ3v) is 3.79. The second-order valence-electron chi connectivity index (χ2n) is 5.69. The summed E-state index contributed by atoms with van der Waals surface area (Å²) in [5.74, 6) is -1.19. The van der Waals surface area contributed by atoms with Crippen LogP contribution in [0.5, 0.6) is 0 Å². The van der Waals surface area contributed by atoms with Crippen molar-refractivity contribution in [2.75, 3.05) is 12.9 Å². The van der Waals surface area contributed by atoms with Crippen LogP contribution in [0.25, 0.3) is 0 Å². The van der Waals surface area contributed by atoms with Crippen LogP contribution in [0.2, 0.25) is 0 Å². The molecule has 7 nitrogen and oxygen atoms in total. The molecule has 0 fully saturated rings. The Balaban J connectivity index is 2.57. The highest BCUT2D eigenvalue weighted by Gasteiger charge is 2.28. The molecule has 2 N–H and O–H groups in total. The fourth-order valence-corrected chi connectivity index (χ4v) is 2.24. The Kier molecular flexibility index (Phi) is 8.83. The summed E-state index contributed by atoms with van der Waals surface area (Å²) in [5.41, 5.74) is 0.829. The molecule has 0 heterocycles. The first kappa shape index (κ1) is 20.8. The molecule has 1 aromatic carbocycles. The molecule has 138 valence electrons. The first-order valence-electron chi connectivity index (χ1n) is 7.85. The molecule has 0 aliphatic rings. The normalized spacial score (nSPS) is 12.8. The van der Waals surface area contributed by atoms with E-state index in [1.165, 1.54) is 7.11 Å². The van der Waals surface area contributed by atoms with Gasteiger partial charge in [0, 0.05) is 5.75 Å². The molecule has 0 saturated heterocycles. The van der Waals surface area contributed by atoms with Gasteiger partial charge < -0.3 is 20.1 Å². The average Bonchev–Trinajstić information content (AvgIpc) is 2.62. The molecule has 0 aliphatic carbocycles. The summed E-state index contributed by atoms with van der Waals surface area (Å²) in [6.07, 6.45) is -0.739. The monoisotopic (exact) mass is 368 g/mol. The number of carbonyl (C=O) groups excluding carboxylic acids is 3. The summed E-state index contributed by atoms with van der Waals surface area (Å²) in [6, 6.07) is 7.43. The van der Waals surface area contributed by atoms with Gasteiger partial charge >= 0.3 is 12.1 Å². The molecule has 0 saturated carbocycles. The third kappa shape index (κ3) is 7.04. The fraction of sp³-hybridized carbons (Fsp3) is 0.471. The number of hydrogen-bond donors (Lipinski definition) is 3. The highest BCUT2D eigenvalue weighted by molar-refractivity contribution is 7.80. The summed E-state index contributed by atoms with van der Waals surface area (Å²) in [4.78, 5) is 35.9. The molecule has 0 bridgehead atoms. The summed E-state index contributed by atoms with van der Waals surface area (Å²) in [6.45, 7) is 3.64. The van der Waals surface area contributed by atoms with Gasteiger partial charge in [0.1, 0.15) is 18.7 Å². The maximum atomic E-state index is 12.3. The quantitative estimate of drug-likeness (QED) is 0.478. The maximum absolute atomic E-state index is 12.3. The highest BCUT2D eigenvalue weighted by atomic mass is 32.1. The zero-order valence-electron chi connectivity index (χ0n) is 14.5. The van der Waals surface area contributed by atoms with Gasteiger partial charge in [0.05, 0.1) is 7.11 Å². The van der Waals surface area contributed by atoms with E-state index in [-0.39, 0.29) is 18.3 Å². The van der Waals surface area contributed by atoms with Crippen molar-refractivity contribution in [2.24, 2.45) is 5.92 Å². The lowest BCUT2D eigenvalue weighted by atomic mass is 10.0. The van der Waals surface area contributed by atoms with Crippen LogP contribution < -0.4 is 10.6 Å². The number of benzene rings is 1.